The predicted octanol–water partition coefficient (Wildman–Crippen LogP) is 1.40. The minimum atomic E-state index is -1.07. The zero-order valence-electron chi connectivity index (χ0n) is 6.87. The van der Waals surface area contributed by atoms with Crippen molar-refractivity contribution in [1.82, 2.24) is 5.16 Å². The van der Waals surface area contributed by atoms with Crippen molar-refractivity contribution in [3.63, 3.8) is 0 Å². The van der Waals surface area contributed by atoms with E-state index in [2.05, 4.69) is 21.5 Å². The van der Waals surface area contributed by atoms with E-state index in [4.69, 9.17) is 5.11 Å². The Kier molecular flexibility index (Phi) is 5.11. The van der Waals surface area contributed by atoms with Crippen LogP contribution in [0.4, 0.5) is 0 Å². The minimum absolute atomic E-state index is 0.0648. The molecule has 0 aliphatic rings. The second kappa shape index (κ2) is 5.98. The number of hydrogen-bond donors (Lipinski definition) is 1. The molecule has 64 valence electrons. The van der Waals surface area contributed by atoms with Crippen LogP contribution in [0, 0.1) is 11.8 Å². The van der Waals surface area contributed by atoms with E-state index >= 15 is 0 Å². The molecule has 0 bridgehead atoms. The maximum Gasteiger partial charge on any atom is 0.358 e. The van der Waals surface area contributed by atoms with Crippen LogP contribution in [0.3, 0.4) is 0 Å². The van der Waals surface area contributed by atoms with Gasteiger partial charge in [0.1, 0.15) is 6.26 Å². The van der Waals surface area contributed by atoms with Crippen molar-refractivity contribution in [2.24, 2.45) is 0 Å². The summed E-state index contributed by atoms with van der Waals surface area (Å²) in [5, 5.41) is 11.3. The summed E-state index contributed by atoms with van der Waals surface area (Å²) in [7, 11) is 0. The Bertz CT molecular complexity index is 273. The van der Waals surface area contributed by atoms with Gasteiger partial charge in [0.25, 0.3) is 0 Å². The number of rotatable bonds is 1. The first kappa shape index (κ1) is 10.2. The van der Waals surface area contributed by atoms with Crippen molar-refractivity contribution < 1.29 is 14.4 Å². The Balaban J connectivity index is 0.000000261. The molecule has 0 fully saturated rings. The first-order valence-electron chi connectivity index (χ1n) is 3.19. The zero-order chi connectivity index (χ0) is 9.40. The number of hydrogen-bond acceptors (Lipinski definition) is 3. The maximum absolute atomic E-state index is 9.94. The Morgan fingerprint density at radius 1 is 1.58 bits per heavy atom. The minimum Gasteiger partial charge on any atom is -0.476 e. The molecule has 0 unspecified atom stereocenters. The smallest absolute Gasteiger partial charge is 0.358 e. The van der Waals surface area contributed by atoms with E-state index in [0.717, 1.165) is 0 Å². The summed E-state index contributed by atoms with van der Waals surface area (Å²) in [6.45, 7) is 3.64. The quantitative estimate of drug-likeness (QED) is 0.642. The van der Waals surface area contributed by atoms with Gasteiger partial charge >= 0.3 is 5.97 Å². The molecule has 0 atom stereocenters. The lowest BCUT2D eigenvalue weighted by Gasteiger charge is -1.75. The molecular formula is C8H9NO3. The highest BCUT2D eigenvalue weighted by Crippen LogP contribution is 1.91. The van der Waals surface area contributed by atoms with Gasteiger partial charge in [-0.1, -0.05) is 5.16 Å². The summed E-state index contributed by atoms with van der Waals surface area (Å²) in [6.07, 6.45) is 1.21. The van der Waals surface area contributed by atoms with Gasteiger partial charge in [-0.15, -0.1) is 11.8 Å². The molecule has 0 amide bonds. The number of nitrogens with zero attached hydrogens (tertiary/aromatic N) is 1. The van der Waals surface area contributed by atoms with Gasteiger partial charge in [0.15, 0.2) is 5.69 Å². The number of aromatic nitrogens is 1. The van der Waals surface area contributed by atoms with Gasteiger partial charge in [-0.3, -0.25) is 0 Å². The van der Waals surface area contributed by atoms with Crippen molar-refractivity contribution in [3.05, 3.63) is 18.0 Å². The third kappa shape index (κ3) is 4.12. The van der Waals surface area contributed by atoms with Crippen LogP contribution in [-0.4, -0.2) is 16.2 Å². The first-order chi connectivity index (χ1) is 5.72. The van der Waals surface area contributed by atoms with Crippen LogP contribution in [0.15, 0.2) is 16.9 Å². The third-order valence-corrected chi connectivity index (χ3v) is 0.907. The molecule has 0 saturated carbocycles. The summed E-state index contributed by atoms with van der Waals surface area (Å²) in [6, 6.07) is 1.28. The van der Waals surface area contributed by atoms with Crippen molar-refractivity contribution in [2.45, 2.75) is 13.8 Å². The Labute approximate surface area is 70.2 Å². The number of carboxylic acids is 1. The fraction of sp³-hybridized carbons (Fsp3) is 0.250. The lowest BCUT2D eigenvalue weighted by molar-refractivity contribution is 0.0685. The van der Waals surface area contributed by atoms with Gasteiger partial charge in [0.2, 0.25) is 0 Å². The second-order valence-corrected chi connectivity index (χ2v) is 1.69. The van der Waals surface area contributed by atoms with Crippen molar-refractivity contribution >= 4 is 5.97 Å². The predicted molar refractivity (Wildman–Crippen MR) is 42.6 cm³/mol. The molecule has 1 heterocycles. The highest BCUT2D eigenvalue weighted by molar-refractivity contribution is 5.84. The van der Waals surface area contributed by atoms with Gasteiger partial charge in [0.05, 0.1) is 0 Å². The average Bonchev–Trinajstić information content (AvgIpc) is 2.57. The van der Waals surface area contributed by atoms with Crippen LogP contribution in [0.2, 0.25) is 0 Å². The van der Waals surface area contributed by atoms with E-state index in [0.29, 0.717) is 0 Å². The van der Waals surface area contributed by atoms with E-state index in [1.165, 1.54) is 12.3 Å². The van der Waals surface area contributed by atoms with E-state index in [9.17, 15) is 4.79 Å². The Morgan fingerprint density at radius 2 is 2.17 bits per heavy atom. The molecule has 0 radical (unpaired) electrons. The summed E-state index contributed by atoms with van der Waals surface area (Å²) >= 11 is 0. The number of carboxylic acid groups (broad SMARTS) is 1. The van der Waals surface area contributed by atoms with Gasteiger partial charge in [-0.25, -0.2) is 4.79 Å². The molecule has 4 nitrogen and oxygen atoms in total. The molecule has 0 saturated heterocycles. The number of aromatic carboxylic acids is 1. The summed E-state index contributed by atoms with van der Waals surface area (Å²) in [4.78, 5) is 9.94. The number of carbonyl (C=O) groups is 1. The summed E-state index contributed by atoms with van der Waals surface area (Å²) < 4.78 is 4.24. The first-order valence-corrected chi connectivity index (χ1v) is 3.19. The van der Waals surface area contributed by atoms with Crippen LogP contribution < -0.4 is 0 Å². The van der Waals surface area contributed by atoms with Crippen LogP contribution in [0.5, 0.6) is 0 Å². The SMILES string of the molecule is CC#CC.O=C(O)c1ccon1. The topological polar surface area (TPSA) is 63.3 Å². The molecule has 0 aliphatic heterocycles. The molecule has 0 spiro atoms. The zero-order valence-corrected chi connectivity index (χ0v) is 6.87. The van der Waals surface area contributed by atoms with Crippen molar-refractivity contribution in [2.75, 3.05) is 0 Å². The van der Waals surface area contributed by atoms with Gasteiger partial charge in [-0.05, 0) is 13.8 Å². The van der Waals surface area contributed by atoms with Crippen molar-refractivity contribution in [3.8, 4) is 11.8 Å². The molecule has 0 aromatic carbocycles. The highest BCUT2D eigenvalue weighted by Gasteiger charge is 2.02. The highest BCUT2D eigenvalue weighted by atomic mass is 16.5. The van der Waals surface area contributed by atoms with Gasteiger partial charge in [0, 0.05) is 6.07 Å². The maximum atomic E-state index is 9.94. The standard InChI is InChI=1S/C4H3NO3.C4H6/c6-4(7)3-1-2-8-5-3;1-3-4-2/h1-2H,(H,6,7);1-2H3. The van der Waals surface area contributed by atoms with E-state index in [1.807, 2.05) is 13.8 Å². The summed E-state index contributed by atoms with van der Waals surface area (Å²) in [5.41, 5.74) is -0.0648. The van der Waals surface area contributed by atoms with Gasteiger partial charge < -0.3 is 9.63 Å². The fourth-order valence-corrected chi connectivity index (χ4v) is 0.323. The second-order valence-electron chi connectivity index (χ2n) is 1.69. The van der Waals surface area contributed by atoms with Crippen LogP contribution in [0.25, 0.3) is 0 Å². The molecule has 0 aliphatic carbocycles. The lowest BCUT2D eigenvalue weighted by atomic mass is 10.5. The van der Waals surface area contributed by atoms with Crippen LogP contribution in [-0.2, 0) is 0 Å². The molecule has 1 N–H and O–H groups in total. The fourth-order valence-electron chi connectivity index (χ4n) is 0.323. The van der Waals surface area contributed by atoms with Crippen LogP contribution >= 0.6 is 0 Å². The molecule has 1 aromatic rings. The van der Waals surface area contributed by atoms with E-state index in [1.54, 1.807) is 0 Å². The molecule has 4 heteroatoms. The lowest BCUT2D eigenvalue weighted by Crippen LogP contribution is -1.94. The normalized spacial score (nSPS) is 7.17. The monoisotopic (exact) mass is 167 g/mol. The summed E-state index contributed by atoms with van der Waals surface area (Å²) in [5.74, 6) is 4.29. The third-order valence-electron chi connectivity index (χ3n) is 0.907. The Morgan fingerprint density at radius 3 is 2.33 bits per heavy atom. The molecule has 12 heavy (non-hydrogen) atoms. The van der Waals surface area contributed by atoms with E-state index < -0.39 is 5.97 Å². The molecule has 1 rings (SSSR count). The molecular weight excluding hydrogens is 158 g/mol. The molecule has 1 aromatic heterocycles. The average molecular weight is 167 g/mol. The largest absolute Gasteiger partial charge is 0.476 e. The Hall–Kier alpha value is -1.76. The van der Waals surface area contributed by atoms with Gasteiger partial charge in [-0.2, -0.15) is 0 Å². The van der Waals surface area contributed by atoms with E-state index in [-0.39, 0.29) is 5.69 Å². The van der Waals surface area contributed by atoms with Crippen molar-refractivity contribution in [1.29, 1.82) is 0 Å². The van der Waals surface area contributed by atoms with Crippen LogP contribution in [0.1, 0.15) is 24.3 Å².